The fraction of sp³-hybridized carbons (Fsp3) is 0.333. The second kappa shape index (κ2) is 9.80. The van der Waals surface area contributed by atoms with Gasteiger partial charge in [-0.05, 0) is 49.2 Å². The number of amides is 2. The summed E-state index contributed by atoms with van der Waals surface area (Å²) < 4.78 is 5.47. The van der Waals surface area contributed by atoms with Gasteiger partial charge in [0.15, 0.2) is 6.61 Å². The van der Waals surface area contributed by atoms with Crippen LogP contribution >= 0.6 is 23.2 Å². The molecule has 3 rings (SSSR count). The van der Waals surface area contributed by atoms with Crippen molar-refractivity contribution >= 4 is 40.7 Å². The molecule has 0 atom stereocenters. The number of benzene rings is 2. The molecule has 2 aromatic carbocycles. The van der Waals surface area contributed by atoms with Crippen molar-refractivity contribution in [3.8, 4) is 5.75 Å². The van der Waals surface area contributed by atoms with Crippen molar-refractivity contribution in [1.82, 2.24) is 5.32 Å². The Kier molecular flexibility index (Phi) is 7.18. The first-order valence-corrected chi connectivity index (χ1v) is 10.1. The summed E-state index contributed by atoms with van der Waals surface area (Å²) in [6.07, 6.45) is 5.66. The molecule has 1 saturated carbocycles. The first-order valence-electron chi connectivity index (χ1n) is 9.30. The van der Waals surface area contributed by atoms with Gasteiger partial charge in [0.05, 0.1) is 15.7 Å². The lowest BCUT2D eigenvalue weighted by Crippen LogP contribution is -2.36. The quantitative estimate of drug-likeness (QED) is 0.684. The van der Waals surface area contributed by atoms with Gasteiger partial charge in [0.25, 0.3) is 11.8 Å². The minimum absolute atomic E-state index is 0.0770. The van der Waals surface area contributed by atoms with E-state index in [1.807, 2.05) is 0 Å². The summed E-state index contributed by atoms with van der Waals surface area (Å²) in [7, 11) is 0. The molecule has 0 aliphatic heterocycles. The molecule has 1 aliphatic carbocycles. The second-order valence-electron chi connectivity index (χ2n) is 6.77. The van der Waals surface area contributed by atoms with Crippen LogP contribution in [0, 0.1) is 0 Å². The maximum absolute atomic E-state index is 12.3. The van der Waals surface area contributed by atoms with Crippen LogP contribution in [-0.2, 0) is 4.79 Å². The van der Waals surface area contributed by atoms with Crippen LogP contribution in [0.1, 0.15) is 42.5 Å². The zero-order valence-electron chi connectivity index (χ0n) is 15.3. The van der Waals surface area contributed by atoms with Crippen molar-refractivity contribution in [2.24, 2.45) is 0 Å². The number of carbonyl (C=O) groups is 2. The number of hydrogen-bond acceptors (Lipinski definition) is 3. The Hall–Kier alpha value is -2.24. The molecule has 1 fully saturated rings. The summed E-state index contributed by atoms with van der Waals surface area (Å²) in [4.78, 5) is 24.4. The third kappa shape index (κ3) is 5.63. The first-order chi connectivity index (χ1) is 13.5. The molecule has 2 amide bonds. The van der Waals surface area contributed by atoms with Gasteiger partial charge in [0, 0.05) is 11.6 Å². The zero-order valence-corrected chi connectivity index (χ0v) is 16.9. The highest BCUT2D eigenvalue weighted by atomic mass is 35.5. The molecule has 0 unspecified atom stereocenters. The minimum Gasteiger partial charge on any atom is -0.484 e. The third-order valence-corrected chi connectivity index (χ3v) is 5.47. The van der Waals surface area contributed by atoms with Gasteiger partial charge in [-0.2, -0.15) is 0 Å². The molecule has 28 heavy (non-hydrogen) atoms. The summed E-state index contributed by atoms with van der Waals surface area (Å²) in [6.45, 7) is -0.184. The summed E-state index contributed by atoms with van der Waals surface area (Å²) in [5.41, 5.74) is 1.01. The van der Waals surface area contributed by atoms with Crippen molar-refractivity contribution in [2.75, 3.05) is 11.9 Å². The molecule has 0 saturated heterocycles. The van der Waals surface area contributed by atoms with Crippen LogP contribution in [0.3, 0.4) is 0 Å². The molecule has 5 nitrogen and oxygen atoms in total. The van der Waals surface area contributed by atoms with Crippen molar-refractivity contribution in [1.29, 1.82) is 0 Å². The lowest BCUT2D eigenvalue weighted by atomic mass is 9.95. The molecule has 2 aromatic rings. The van der Waals surface area contributed by atoms with Gasteiger partial charge >= 0.3 is 0 Å². The highest BCUT2D eigenvalue weighted by Gasteiger charge is 2.16. The van der Waals surface area contributed by atoms with E-state index in [1.54, 1.807) is 42.5 Å². The Bertz CT molecular complexity index is 834. The topological polar surface area (TPSA) is 67.4 Å². The standard InChI is InChI=1S/C21H22Cl2N2O3/c22-17-7-4-8-18(20(17)23)25-19(26)13-28-16-11-9-14(10-12-16)21(27)24-15-5-2-1-3-6-15/h4,7-12,15H,1-3,5-6,13H2,(H,24,27)(H,25,26). The van der Waals surface area contributed by atoms with Gasteiger partial charge in [-0.1, -0.05) is 48.5 Å². The lowest BCUT2D eigenvalue weighted by molar-refractivity contribution is -0.118. The number of rotatable bonds is 6. The van der Waals surface area contributed by atoms with E-state index in [1.165, 1.54) is 19.3 Å². The molecule has 0 radical (unpaired) electrons. The van der Waals surface area contributed by atoms with Gasteiger partial charge in [-0.3, -0.25) is 9.59 Å². The van der Waals surface area contributed by atoms with E-state index in [9.17, 15) is 9.59 Å². The van der Waals surface area contributed by atoms with Crippen molar-refractivity contribution < 1.29 is 14.3 Å². The first kappa shape index (κ1) is 20.5. The average molecular weight is 421 g/mol. The molecule has 0 bridgehead atoms. The summed E-state index contributed by atoms with van der Waals surface area (Å²) >= 11 is 12.0. The molecular formula is C21H22Cl2N2O3. The van der Waals surface area contributed by atoms with Gasteiger partial charge in [0.2, 0.25) is 0 Å². The number of hydrogen-bond donors (Lipinski definition) is 2. The lowest BCUT2D eigenvalue weighted by Gasteiger charge is -2.22. The third-order valence-electron chi connectivity index (χ3n) is 4.65. The smallest absolute Gasteiger partial charge is 0.262 e. The molecule has 1 aliphatic rings. The van der Waals surface area contributed by atoms with Crippen LogP contribution in [0.2, 0.25) is 10.0 Å². The molecular weight excluding hydrogens is 399 g/mol. The predicted molar refractivity (Wildman–Crippen MR) is 111 cm³/mol. The van der Waals surface area contributed by atoms with Gasteiger partial charge < -0.3 is 15.4 Å². The largest absolute Gasteiger partial charge is 0.484 e. The van der Waals surface area contributed by atoms with E-state index in [-0.39, 0.29) is 29.5 Å². The molecule has 148 valence electrons. The molecule has 7 heteroatoms. The maximum atomic E-state index is 12.3. The van der Waals surface area contributed by atoms with Crippen LogP contribution in [0.5, 0.6) is 5.75 Å². The highest BCUT2D eigenvalue weighted by molar-refractivity contribution is 6.44. The van der Waals surface area contributed by atoms with E-state index in [2.05, 4.69) is 10.6 Å². The Labute approximate surface area is 174 Å². The number of anilines is 1. The van der Waals surface area contributed by atoms with E-state index in [0.717, 1.165) is 12.8 Å². The Morgan fingerprint density at radius 2 is 1.71 bits per heavy atom. The van der Waals surface area contributed by atoms with Crippen LogP contribution in [0.4, 0.5) is 5.69 Å². The Balaban J connectivity index is 1.49. The fourth-order valence-corrected chi connectivity index (χ4v) is 3.50. The van der Waals surface area contributed by atoms with E-state index >= 15 is 0 Å². The normalized spacial score (nSPS) is 14.4. The predicted octanol–water partition coefficient (Wildman–Crippen LogP) is 5.07. The van der Waals surface area contributed by atoms with E-state index in [4.69, 9.17) is 27.9 Å². The van der Waals surface area contributed by atoms with Gasteiger partial charge in [-0.15, -0.1) is 0 Å². The van der Waals surface area contributed by atoms with E-state index < -0.39 is 0 Å². The fourth-order valence-electron chi connectivity index (χ4n) is 3.15. The van der Waals surface area contributed by atoms with Crippen LogP contribution < -0.4 is 15.4 Å². The van der Waals surface area contributed by atoms with Crippen molar-refractivity contribution in [2.45, 2.75) is 38.1 Å². The Morgan fingerprint density at radius 1 is 1.00 bits per heavy atom. The molecule has 0 heterocycles. The number of carbonyl (C=O) groups excluding carboxylic acids is 2. The molecule has 0 spiro atoms. The summed E-state index contributed by atoms with van der Waals surface area (Å²) in [5, 5.41) is 6.37. The highest BCUT2D eigenvalue weighted by Crippen LogP contribution is 2.29. The van der Waals surface area contributed by atoms with Crippen LogP contribution in [-0.4, -0.2) is 24.5 Å². The monoisotopic (exact) mass is 420 g/mol. The number of nitrogens with one attached hydrogen (secondary N) is 2. The summed E-state index contributed by atoms with van der Waals surface area (Å²) in [6, 6.07) is 12.0. The molecule has 0 aromatic heterocycles. The van der Waals surface area contributed by atoms with Crippen LogP contribution in [0.25, 0.3) is 0 Å². The van der Waals surface area contributed by atoms with Crippen molar-refractivity contribution in [3.05, 3.63) is 58.1 Å². The maximum Gasteiger partial charge on any atom is 0.262 e. The van der Waals surface area contributed by atoms with Gasteiger partial charge in [0.1, 0.15) is 5.75 Å². The average Bonchev–Trinajstić information content (AvgIpc) is 2.71. The van der Waals surface area contributed by atoms with Crippen molar-refractivity contribution in [3.63, 3.8) is 0 Å². The molecule has 2 N–H and O–H groups in total. The van der Waals surface area contributed by atoms with E-state index in [0.29, 0.717) is 22.0 Å². The summed E-state index contributed by atoms with van der Waals surface area (Å²) in [5.74, 6) is 0.0663. The second-order valence-corrected chi connectivity index (χ2v) is 7.56. The Morgan fingerprint density at radius 3 is 2.43 bits per heavy atom. The number of ether oxygens (including phenoxy) is 1. The van der Waals surface area contributed by atoms with Crippen LogP contribution in [0.15, 0.2) is 42.5 Å². The number of halogens is 2. The zero-order chi connectivity index (χ0) is 19.9. The minimum atomic E-state index is -0.358. The SMILES string of the molecule is O=C(COc1ccc(C(=O)NC2CCCCC2)cc1)Nc1cccc(Cl)c1Cl. The van der Waals surface area contributed by atoms with Gasteiger partial charge in [-0.25, -0.2) is 0 Å².